The highest BCUT2D eigenvalue weighted by Crippen LogP contribution is 2.23. The highest BCUT2D eigenvalue weighted by atomic mass is 32.1. The first kappa shape index (κ1) is 14.8. The third kappa shape index (κ3) is 3.46. The molecule has 0 aromatic heterocycles. The van der Waals surface area contributed by atoms with Crippen molar-refractivity contribution in [3.8, 4) is 0 Å². The van der Waals surface area contributed by atoms with Crippen molar-refractivity contribution in [3.05, 3.63) is 48.0 Å². The molecule has 0 fully saturated rings. The van der Waals surface area contributed by atoms with E-state index in [1.807, 2.05) is 19.1 Å². The zero-order valence-electron chi connectivity index (χ0n) is 11.8. The normalized spacial score (nSPS) is 13.8. The third-order valence-corrected chi connectivity index (χ3v) is 3.52. The molecule has 0 saturated heterocycles. The van der Waals surface area contributed by atoms with E-state index in [9.17, 15) is 0 Å². The fourth-order valence-electron chi connectivity index (χ4n) is 2.21. The van der Waals surface area contributed by atoms with Crippen molar-refractivity contribution in [2.45, 2.75) is 25.9 Å². The second kappa shape index (κ2) is 6.68. The van der Waals surface area contributed by atoms with Crippen molar-refractivity contribution < 1.29 is 5.11 Å². The van der Waals surface area contributed by atoms with Crippen molar-refractivity contribution in [2.24, 2.45) is 0 Å². The first-order valence-electron chi connectivity index (χ1n) is 6.77. The van der Waals surface area contributed by atoms with Crippen LogP contribution >= 0.6 is 12.2 Å². The molecule has 0 aliphatic rings. The van der Waals surface area contributed by atoms with Crippen LogP contribution in [-0.2, 0) is 0 Å². The van der Waals surface area contributed by atoms with Gasteiger partial charge in [-0.15, -0.1) is 0 Å². The van der Waals surface area contributed by atoms with E-state index in [0.717, 1.165) is 0 Å². The molecule has 20 heavy (non-hydrogen) atoms. The first-order valence-corrected chi connectivity index (χ1v) is 7.18. The van der Waals surface area contributed by atoms with Gasteiger partial charge in [-0.3, -0.25) is 0 Å². The molecular weight excluding hydrogens is 268 g/mol. The third-order valence-electron chi connectivity index (χ3n) is 3.29. The van der Waals surface area contributed by atoms with Crippen molar-refractivity contribution in [1.29, 1.82) is 0 Å². The Morgan fingerprint density at radius 2 is 1.80 bits per heavy atom. The number of benzene rings is 2. The maximum Gasteiger partial charge on any atom is 0.167 e. The van der Waals surface area contributed by atoms with E-state index in [1.54, 1.807) is 0 Å². The van der Waals surface area contributed by atoms with Gasteiger partial charge in [0.2, 0.25) is 0 Å². The lowest BCUT2D eigenvalue weighted by Crippen LogP contribution is -2.42. The fourth-order valence-corrected chi connectivity index (χ4v) is 2.59. The summed E-state index contributed by atoms with van der Waals surface area (Å²) in [7, 11) is 0. The molecule has 0 radical (unpaired) electrons. The van der Waals surface area contributed by atoms with Crippen LogP contribution in [0.5, 0.6) is 0 Å². The maximum absolute atomic E-state index is 9.03. The van der Waals surface area contributed by atoms with Gasteiger partial charge in [0.25, 0.3) is 0 Å². The van der Waals surface area contributed by atoms with E-state index in [1.165, 1.54) is 16.3 Å². The van der Waals surface area contributed by atoms with E-state index in [0.29, 0.717) is 5.11 Å². The average Bonchev–Trinajstić information content (AvgIpc) is 2.46. The van der Waals surface area contributed by atoms with E-state index < -0.39 is 0 Å². The second-order valence-electron chi connectivity index (χ2n) is 4.99. The van der Waals surface area contributed by atoms with Crippen LogP contribution in [0.15, 0.2) is 42.5 Å². The Balaban J connectivity index is 2.15. The quantitative estimate of drug-likeness (QED) is 0.757. The Hall–Kier alpha value is -1.65. The molecule has 0 amide bonds. The molecule has 0 saturated carbocycles. The highest BCUT2D eigenvalue weighted by Gasteiger charge is 2.11. The summed E-state index contributed by atoms with van der Waals surface area (Å²) in [6, 6.07) is 14.6. The van der Waals surface area contributed by atoms with Crippen LogP contribution in [-0.4, -0.2) is 22.9 Å². The summed E-state index contributed by atoms with van der Waals surface area (Å²) in [6.07, 6.45) is 0. The van der Waals surface area contributed by atoms with Crippen LogP contribution in [0.3, 0.4) is 0 Å². The molecule has 2 rings (SSSR count). The van der Waals surface area contributed by atoms with E-state index in [4.69, 9.17) is 17.3 Å². The van der Waals surface area contributed by atoms with Crippen molar-refractivity contribution in [2.75, 3.05) is 6.61 Å². The van der Waals surface area contributed by atoms with Gasteiger partial charge in [0.15, 0.2) is 5.11 Å². The van der Waals surface area contributed by atoms with Gasteiger partial charge < -0.3 is 15.7 Å². The van der Waals surface area contributed by atoms with Crippen LogP contribution in [0.1, 0.15) is 25.5 Å². The molecule has 2 aromatic rings. The van der Waals surface area contributed by atoms with Gasteiger partial charge in [0, 0.05) is 6.04 Å². The minimum Gasteiger partial charge on any atom is -0.394 e. The zero-order valence-corrected chi connectivity index (χ0v) is 12.6. The number of aliphatic hydroxyl groups is 1. The molecule has 106 valence electrons. The molecule has 2 atom stereocenters. The molecule has 3 N–H and O–H groups in total. The molecule has 0 aliphatic heterocycles. The number of thiocarbonyl (C=S) groups is 1. The number of hydrogen-bond acceptors (Lipinski definition) is 2. The minimum atomic E-state index is -0.0466. The Morgan fingerprint density at radius 3 is 2.55 bits per heavy atom. The Morgan fingerprint density at radius 1 is 1.10 bits per heavy atom. The topological polar surface area (TPSA) is 44.3 Å². The van der Waals surface area contributed by atoms with Gasteiger partial charge >= 0.3 is 0 Å². The molecule has 0 spiro atoms. The summed E-state index contributed by atoms with van der Waals surface area (Å²) in [5.74, 6) is 0. The molecule has 3 nitrogen and oxygen atoms in total. The summed E-state index contributed by atoms with van der Waals surface area (Å²) in [5, 5.41) is 18.4. The number of hydrogen-bond donors (Lipinski definition) is 3. The predicted octanol–water partition coefficient (Wildman–Crippen LogP) is 2.75. The Bertz CT molecular complexity index is 595. The molecule has 0 bridgehead atoms. The summed E-state index contributed by atoms with van der Waals surface area (Å²) in [6.45, 7) is 4.03. The summed E-state index contributed by atoms with van der Waals surface area (Å²) < 4.78 is 0. The lowest BCUT2D eigenvalue weighted by Gasteiger charge is -2.21. The molecule has 0 heterocycles. The van der Waals surface area contributed by atoms with Crippen LogP contribution in [0.2, 0.25) is 0 Å². The van der Waals surface area contributed by atoms with Crippen molar-refractivity contribution in [1.82, 2.24) is 10.6 Å². The number of fused-ring (bicyclic) bond motifs is 1. The summed E-state index contributed by atoms with van der Waals surface area (Å²) >= 11 is 5.26. The van der Waals surface area contributed by atoms with Crippen LogP contribution in [0, 0.1) is 0 Å². The molecule has 0 unspecified atom stereocenters. The summed E-state index contributed by atoms with van der Waals surface area (Å²) in [4.78, 5) is 0. The number of rotatable bonds is 4. The van der Waals surface area contributed by atoms with E-state index in [-0.39, 0.29) is 18.7 Å². The Kier molecular flexibility index (Phi) is 4.93. The van der Waals surface area contributed by atoms with Gasteiger partial charge in [0.05, 0.1) is 12.6 Å². The second-order valence-corrected chi connectivity index (χ2v) is 5.40. The fraction of sp³-hybridized carbons (Fsp3) is 0.312. The lowest BCUT2D eigenvalue weighted by atomic mass is 10.00. The predicted molar refractivity (Wildman–Crippen MR) is 87.8 cm³/mol. The standard InChI is InChI=1S/C16H20N2OS/c1-11(10-19)17-16(20)18-12(2)14-9-5-7-13-6-3-4-8-15(13)14/h3-9,11-12,19H,10H2,1-2H3,(H2,17,18,20)/t11-,12-/m1/s1. The number of nitrogens with one attached hydrogen (secondary N) is 2. The molecular formula is C16H20N2OS. The van der Waals surface area contributed by atoms with Crippen LogP contribution in [0.25, 0.3) is 10.8 Å². The molecule has 4 heteroatoms. The van der Waals surface area contributed by atoms with E-state index >= 15 is 0 Å². The highest BCUT2D eigenvalue weighted by molar-refractivity contribution is 7.80. The van der Waals surface area contributed by atoms with Crippen LogP contribution in [0.4, 0.5) is 0 Å². The molecule has 2 aromatic carbocycles. The lowest BCUT2D eigenvalue weighted by molar-refractivity contribution is 0.264. The minimum absolute atomic E-state index is 0.0466. The summed E-state index contributed by atoms with van der Waals surface area (Å²) in [5.41, 5.74) is 1.21. The van der Waals surface area contributed by atoms with E-state index in [2.05, 4.69) is 47.9 Å². The first-order chi connectivity index (χ1) is 9.61. The SMILES string of the molecule is C[C@H](CO)NC(=S)N[C@H](C)c1cccc2ccccc12. The Labute approximate surface area is 125 Å². The van der Waals surface area contributed by atoms with Gasteiger partial charge in [0.1, 0.15) is 0 Å². The number of aliphatic hydroxyl groups excluding tert-OH is 1. The van der Waals surface area contributed by atoms with Gasteiger partial charge in [-0.2, -0.15) is 0 Å². The van der Waals surface area contributed by atoms with Gasteiger partial charge in [-0.1, -0.05) is 42.5 Å². The molecule has 0 aliphatic carbocycles. The largest absolute Gasteiger partial charge is 0.394 e. The maximum atomic E-state index is 9.03. The van der Waals surface area contributed by atoms with Crippen molar-refractivity contribution >= 4 is 28.1 Å². The van der Waals surface area contributed by atoms with Gasteiger partial charge in [-0.25, -0.2) is 0 Å². The van der Waals surface area contributed by atoms with Crippen molar-refractivity contribution in [3.63, 3.8) is 0 Å². The average molecular weight is 288 g/mol. The monoisotopic (exact) mass is 288 g/mol. The zero-order chi connectivity index (χ0) is 14.5. The van der Waals surface area contributed by atoms with Crippen LogP contribution < -0.4 is 10.6 Å². The van der Waals surface area contributed by atoms with Gasteiger partial charge in [-0.05, 0) is 42.4 Å². The smallest absolute Gasteiger partial charge is 0.167 e.